The number of halogens is 3. The van der Waals surface area contributed by atoms with Crippen LogP contribution in [0.5, 0.6) is 0 Å². The van der Waals surface area contributed by atoms with Gasteiger partial charge < -0.3 is 10.5 Å². The molecule has 0 spiro atoms. The summed E-state index contributed by atoms with van der Waals surface area (Å²) in [5, 5.41) is 0. The fraction of sp³-hybridized carbons (Fsp3) is 0.286. The van der Waals surface area contributed by atoms with E-state index in [1.54, 1.807) is 0 Å². The molecule has 1 aromatic rings. The molecule has 2 N–H and O–H groups in total. The van der Waals surface area contributed by atoms with Crippen LogP contribution in [-0.4, -0.2) is 16.1 Å². The van der Waals surface area contributed by atoms with E-state index in [1.165, 1.54) is 0 Å². The molecule has 8 heteroatoms. The smallest absolute Gasteiger partial charge is 0.435 e. The van der Waals surface area contributed by atoms with Crippen LogP contribution in [0, 0.1) is 0 Å². The first-order valence-electron chi connectivity index (χ1n) is 3.70. The van der Waals surface area contributed by atoms with E-state index in [0.29, 0.717) is 0 Å². The molecule has 0 radical (unpaired) electrons. The maximum absolute atomic E-state index is 12.3. The summed E-state index contributed by atoms with van der Waals surface area (Å²) in [6.45, 7) is -0.655. The normalized spacial score (nSPS) is 11.1. The van der Waals surface area contributed by atoms with Crippen LogP contribution < -0.4 is 5.73 Å². The zero-order valence-electron chi connectivity index (χ0n) is 7.28. The molecule has 0 aliphatic rings. The lowest BCUT2D eigenvalue weighted by Gasteiger charge is -2.09. The van der Waals surface area contributed by atoms with Crippen molar-refractivity contribution in [3.05, 3.63) is 23.8 Å². The number of amides is 1. The molecule has 1 heterocycles. The molecule has 0 saturated carbocycles. The maximum Gasteiger partial charge on any atom is 0.435 e. The van der Waals surface area contributed by atoms with Gasteiger partial charge >= 0.3 is 12.3 Å². The Kier molecular flexibility index (Phi) is 3.08. The summed E-state index contributed by atoms with van der Waals surface area (Å²) in [7, 11) is 0. The number of hydrogen-bond donors (Lipinski definition) is 1. The number of nitrogens with zero attached hydrogens (tertiary/aromatic N) is 2. The van der Waals surface area contributed by atoms with Gasteiger partial charge in [0.15, 0.2) is 5.69 Å². The SMILES string of the molecule is NC(=O)OCc1nccnc1C(F)(F)F. The van der Waals surface area contributed by atoms with Crippen molar-refractivity contribution in [3.63, 3.8) is 0 Å². The van der Waals surface area contributed by atoms with Gasteiger partial charge in [-0.2, -0.15) is 13.2 Å². The molecule has 0 saturated heterocycles. The van der Waals surface area contributed by atoms with Crippen molar-refractivity contribution >= 4 is 6.09 Å². The monoisotopic (exact) mass is 221 g/mol. The molecule has 0 aromatic carbocycles. The third-order valence-corrected chi connectivity index (χ3v) is 1.39. The lowest BCUT2D eigenvalue weighted by atomic mass is 10.3. The van der Waals surface area contributed by atoms with E-state index in [0.717, 1.165) is 12.4 Å². The van der Waals surface area contributed by atoms with Gasteiger partial charge in [0.05, 0.1) is 0 Å². The van der Waals surface area contributed by atoms with Crippen molar-refractivity contribution in [2.24, 2.45) is 5.73 Å². The molecule has 0 aliphatic carbocycles. The highest BCUT2D eigenvalue weighted by molar-refractivity contribution is 5.64. The van der Waals surface area contributed by atoms with Crippen LogP contribution in [0.15, 0.2) is 12.4 Å². The molecule has 0 bridgehead atoms. The van der Waals surface area contributed by atoms with Gasteiger partial charge in [0.2, 0.25) is 0 Å². The zero-order chi connectivity index (χ0) is 11.5. The van der Waals surface area contributed by atoms with Gasteiger partial charge in [-0.15, -0.1) is 0 Å². The van der Waals surface area contributed by atoms with Crippen molar-refractivity contribution in [3.8, 4) is 0 Å². The van der Waals surface area contributed by atoms with Crippen LogP contribution in [0.3, 0.4) is 0 Å². The summed E-state index contributed by atoms with van der Waals surface area (Å²) in [5.41, 5.74) is 2.94. The van der Waals surface area contributed by atoms with Crippen LogP contribution in [0.2, 0.25) is 0 Å². The van der Waals surface area contributed by atoms with Crippen molar-refractivity contribution in [1.82, 2.24) is 9.97 Å². The minimum atomic E-state index is -4.63. The van der Waals surface area contributed by atoms with Crippen molar-refractivity contribution in [2.75, 3.05) is 0 Å². The first kappa shape index (κ1) is 11.2. The molecular formula is C7H6F3N3O2. The molecule has 0 aliphatic heterocycles. The minimum Gasteiger partial charge on any atom is -0.443 e. The number of primary amides is 1. The number of hydrogen-bond acceptors (Lipinski definition) is 4. The van der Waals surface area contributed by atoms with E-state index in [-0.39, 0.29) is 0 Å². The average Bonchev–Trinajstić information content (AvgIpc) is 2.13. The fourth-order valence-corrected chi connectivity index (χ4v) is 0.849. The molecule has 1 aromatic heterocycles. The van der Waals surface area contributed by atoms with Crippen LogP contribution in [0.25, 0.3) is 0 Å². The summed E-state index contributed by atoms with van der Waals surface area (Å²) in [5.74, 6) is 0. The van der Waals surface area contributed by atoms with Gasteiger partial charge in [0.1, 0.15) is 12.3 Å². The predicted molar refractivity (Wildman–Crippen MR) is 41.4 cm³/mol. The molecule has 1 amide bonds. The Morgan fingerprint density at radius 3 is 2.53 bits per heavy atom. The van der Waals surface area contributed by atoms with Gasteiger partial charge in [-0.3, -0.25) is 4.98 Å². The highest BCUT2D eigenvalue weighted by Gasteiger charge is 2.36. The van der Waals surface area contributed by atoms with E-state index >= 15 is 0 Å². The summed E-state index contributed by atoms with van der Waals surface area (Å²) in [6, 6.07) is 0. The van der Waals surface area contributed by atoms with Crippen LogP contribution in [0.1, 0.15) is 11.4 Å². The quantitative estimate of drug-likeness (QED) is 0.810. The number of alkyl halides is 3. The molecule has 5 nitrogen and oxygen atoms in total. The van der Waals surface area contributed by atoms with E-state index in [1.807, 2.05) is 0 Å². The number of carbonyl (C=O) groups is 1. The Balaban J connectivity index is 2.92. The highest BCUT2D eigenvalue weighted by Crippen LogP contribution is 2.29. The summed E-state index contributed by atoms with van der Waals surface area (Å²) in [6.07, 6.45) is -3.84. The number of aromatic nitrogens is 2. The minimum absolute atomic E-state index is 0.483. The zero-order valence-corrected chi connectivity index (χ0v) is 7.28. The summed E-state index contributed by atoms with van der Waals surface area (Å²) in [4.78, 5) is 16.7. The molecule has 0 fully saturated rings. The van der Waals surface area contributed by atoms with Gasteiger partial charge in [-0.05, 0) is 0 Å². The topological polar surface area (TPSA) is 78.1 Å². The second kappa shape index (κ2) is 4.11. The van der Waals surface area contributed by atoms with E-state index in [9.17, 15) is 18.0 Å². The number of carbonyl (C=O) groups excluding carboxylic acids is 1. The summed E-state index contributed by atoms with van der Waals surface area (Å²) < 4.78 is 41.1. The Labute approximate surface area is 82.1 Å². The Bertz CT molecular complexity index is 367. The van der Waals surface area contributed by atoms with E-state index < -0.39 is 30.3 Å². The Morgan fingerprint density at radius 1 is 1.40 bits per heavy atom. The lowest BCUT2D eigenvalue weighted by molar-refractivity contribution is -0.142. The molecule has 1 rings (SSSR count). The molecule has 0 atom stereocenters. The summed E-state index contributed by atoms with van der Waals surface area (Å²) >= 11 is 0. The maximum atomic E-state index is 12.3. The Hall–Kier alpha value is -1.86. The van der Waals surface area contributed by atoms with E-state index in [2.05, 4.69) is 20.4 Å². The number of nitrogens with two attached hydrogens (primary N) is 1. The Morgan fingerprint density at radius 2 is 2.00 bits per heavy atom. The lowest BCUT2D eigenvalue weighted by Crippen LogP contribution is -2.17. The predicted octanol–water partition coefficient (Wildman–Crippen LogP) is 1.09. The largest absolute Gasteiger partial charge is 0.443 e. The second-order valence-corrected chi connectivity index (χ2v) is 2.46. The molecule has 82 valence electrons. The van der Waals surface area contributed by atoms with Crippen molar-refractivity contribution in [1.29, 1.82) is 0 Å². The van der Waals surface area contributed by atoms with Crippen LogP contribution in [0.4, 0.5) is 18.0 Å². The first-order chi connectivity index (χ1) is 6.91. The fourth-order valence-electron chi connectivity index (χ4n) is 0.849. The molecular weight excluding hydrogens is 215 g/mol. The third-order valence-electron chi connectivity index (χ3n) is 1.39. The van der Waals surface area contributed by atoms with Crippen molar-refractivity contribution < 1.29 is 22.7 Å². The first-order valence-corrected chi connectivity index (χ1v) is 3.70. The molecule has 15 heavy (non-hydrogen) atoms. The number of rotatable bonds is 2. The second-order valence-electron chi connectivity index (χ2n) is 2.46. The van der Waals surface area contributed by atoms with Gasteiger partial charge in [-0.1, -0.05) is 0 Å². The van der Waals surface area contributed by atoms with Crippen LogP contribution >= 0.6 is 0 Å². The van der Waals surface area contributed by atoms with Gasteiger partial charge in [-0.25, -0.2) is 9.78 Å². The number of ether oxygens (including phenoxy) is 1. The van der Waals surface area contributed by atoms with Gasteiger partial charge in [0, 0.05) is 12.4 Å². The molecule has 0 unspecified atom stereocenters. The standard InChI is InChI=1S/C7H6F3N3O2/c8-7(9,10)5-4(3-15-6(11)14)12-1-2-13-5/h1-2H,3H2,(H2,11,14). The highest BCUT2D eigenvalue weighted by atomic mass is 19.4. The van der Waals surface area contributed by atoms with E-state index in [4.69, 9.17) is 0 Å². The third kappa shape index (κ3) is 3.08. The average molecular weight is 221 g/mol. The van der Waals surface area contributed by atoms with Gasteiger partial charge in [0.25, 0.3) is 0 Å². The van der Waals surface area contributed by atoms with Crippen molar-refractivity contribution in [2.45, 2.75) is 12.8 Å². The van der Waals surface area contributed by atoms with Crippen LogP contribution in [-0.2, 0) is 17.5 Å².